The lowest BCUT2D eigenvalue weighted by molar-refractivity contribution is 0.0189. The van der Waals surface area contributed by atoms with Crippen LogP contribution < -0.4 is 9.46 Å². The van der Waals surface area contributed by atoms with Gasteiger partial charge in [-0.05, 0) is 24.1 Å². The number of alkyl halides is 3. The maximum absolute atomic E-state index is 14.9. The predicted molar refractivity (Wildman–Crippen MR) is 125 cm³/mol. The Bertz CT molecular complexity index is 1280. The van der Waals surface area contributed by atoms with Gasteiger partial charge in [0, 0.05) is 36.6 Å². The van der Waals surface area contributed by atoms with E-state index in [1.165, 1.54) is 29.1 Å². The number of piperidine rings is 1. The van der Waals surface area contributed by atoms with Gasteiger partial charge >= 0.3 is 0 Å². The number of likely N-dealkylation sites (tertiary alicyclic amines) is 1. The third kappa shape index (κ3) is 6.24. The van der Waals surface area contributed by atoms with Gasteiger partial charge in [0.2, 0.25) is 0 Å². The standard InChI is InChI=1S/C22H20ClF4N3O3S2/c23-15-7-20(35(31,32)29-21-11-34-12-28-21)16(24)8-19(15)33-18-4-5-30(10-17(18)25)9-13-2-1-3-14(6-13)22(26)27/h1-3,6-8,11-12,17-18,22,29H,4-5,9-10H2. The monoisotopic (exact) mass is 549 g/mol. The molecule has 3 aromatic rings. The van der Waals surface area contributed by atoms with Crippen LogP contribution in [0.2, 0.25) is 5.02 Å². The number of ether oxygens (including phenoxy) is 1. The minimum Gasteiger partial charge on any atom is -0.486 e. The van der Waals surface area contributed by atoms with Crippen LogP contribution in [0.4, 0.5) is 23.4 Å². The summed E-state index contributed by atoms with van der Waals surface area (Å²) < 4.78 is 88.1. The molecule has 0 radical (unpaired) electrons. The quantitative estimate of drug-likeness (QED) is 0.367. The van der Waals surface area contributed by atoms with Crippen molar-refractivity contribution >= 4 is 38.8 Å². The zero-order valence-corrected chi connectivity index (χ0v) is 20.4. The van der Waals surface area contributed by atoms with Crippen LogP contribution in [0, 0.1) is 5.82 Å². The van der Waals surface area contributed by atoms with Gasteiger partial charge in [-0.2, -0.15) is 0 Å². The molecule has 1 aliphatic heterocycles. The highest BCUT2D eigenvalue weighted by atomic mass is 35.5. The second-order valence-corrected chi connectivity index (χ2v) is 10.7. The number of nitrogens with one attached hydrogen (secondary N) is 1. The molecule has 1 fully saturated rings. The van der Waals surface area contributed by atoms with Crippen LogP contribution in [0.3, 0.4) is 0 Å². The Labute approximate surface area is 208 Å². The molecule has 2 atom stereocenters. The minimum atomic E-state index is -4.29. The van der Waals surface area contributed by atoms with E-state index in [1.54, 1.807) is 11.0 Å². The molecule has 13 heteroatoms. The lowest BCUT2D eigenvalue weighted by Crippen LogP contribution is -2.46. The largest absolute Gasteiger partial charge is 0.486 e. The number of sulfonamides is 1. The Morgan fingerprint density at radius 2 is 2.09 bits per heavy atom. The van der Waals surface area contributed by atoms with Gasteiger partial charge in [0.1, 0.15) is 28.7 Å². The molecule has 1 aromatic heterocycles. The van der Waals surface area contributed by atoms with E-state index < -0.39 is 39.4 Å². The van der Waals surface area contributed by atoms with Crippen molar-refractivity contribution < 1.29 is 30.7 Å². The Balaban J connectivity index is 1.41. The number of hydrogen-bond donors (Lipinski definition) is 1. The Hall–Kier alpha value is -2.41. The van der Waals surface area contributed by atoms with Gasteiger partial charge in [0.15, 0.2) is 5.82 Å². The Morgan fingerprint density at radius 1 is 1.29 bits per heavy atom. The van der Waals surface area contributed by atoms with Crippen molar-refractivity contribution in [3.05, 3.63) is 69.3 Å². The number of aromatic nitrogens is 1. The molecule has 1 saturated heterocycles. The van der Waals surface area contributed by atoms with E-state index in [0.717, 1.165) is 23.5 Å². The summed E-state index contributed by atoms with van der Waals surface area (Å²) in [5.41, 5.74) is 1.96. The van der Waals surface area contributed by atoms with Gasteiger partial charge in [-0.3, -0.25) is 9.62 Å². The molecule has 6 nitrogen and oxygen atoms in total. The molecule has 0 spiro atoms. The fraction of sp³-hybridized carbons (Fsp3) is 0.318. The Kier molecular flexibility index (Phi) is 7.84. The van der Waals surface area contributed by atoms with Crippen LogP contribution >= 0.6 is 22.9 Å². The summed E-state index contributed by atoms with van der Waals surface area (Å²) in [6, 6.07) is 7.67. The van der Waals surface area contributed by atoms with E-state index in [1.807, 2.05) is 0 Å². The van der Waals surface area contributed by atoms with Gasteiger partial charge in [-0.25, -0.2) is 31.0 Å². The molecule has 1 N–H and O–H groups in total. The highest BCUT2D eigenvalue weighted by molar-refractivity contribution is 7.92. The number of hydrogen-bond acceptors (Lipinski definition) is 6. The first kappa shape index (κ1) is 25.7. The average molecular weight is 550 g/mol. The second kappa shape index (κ2) is 10.7. The molecule has 2 heterocycles. The maximum Gasteiger partial charge on any atom is 0.266 e. The van der Waals surface area contributed by atoms with Crippen LogP contribution in [0.25, 0.3) is 0 Å². The third-order valence-corrected chi connectivity index (χ3v) is 7.65. The SMILES string of the molecule is O=S(=O)(Nc1cscn1)c1cc(Cl)c(OC2CCN(Cc3cccc(C(F)F)c3)CC2F)cc1F. The molecule has 0 amide bonds. The number of benzene rings is 2. The molecular formula is C22H20ClF4N3O3S2. The average Bonchev–Trinajstić information content (AvgIpc) is 3.30. The fourth-order valence-electron chi connectivity index (χ4n) is 3.73. The first-order chi connectivity index (χ1) is 16.6. The van der Waals surface area contributed by atoms with Crippen LogP contribution in [0.5, 0.6) is 5.75 Å². The fourth-order valence-corrected chi connectivity index (χ4v) is 5.65. The topological polar surface area (TPSA) is 71.5 Å². The van der Waals surface area contributed by atoms with Crippen LogP contribution in [0.1, 0.15) is 24.0 Å². The molecule has 0 bridgehead atoms. The maximum atomic E-state index is 14.9. The highest BCUT2D eigenvalue weighted by Gasteiger charge is 2.32. The van der Waals surface area contributed by atoms with Gasteiger partial charge in [-0.15, -0.1) is 11.3 Å². The van der Waals surface area contributed by atoms with Crippen molar-refractivity contribution in [3.63, 3.8) is 0 Å². The van der Waals surface area contributed by atoms with Crippen LogP contribution in [0.15, 0.2) is 52.2 Å². The number of halogens is 5. The summed E-state index contributed by atoms with van der Waals surface area (Å²) in [5, 5.41) is 1.25. The van der Waals surface area contributed by atoms with E-state index in [9.17, 15) is 26.0 Å². The minimum absolute atomic E-state index is 0.0201. The van der Waals surface area contributed by atoms with E-state index >= 15 is 0 Å². The number of rotatable bonds is 8. The summed E-state index contributed by atoms with van der Waals surface area (Å²) in [6.07, 6.45) is -4.75. The van der Waals surface area contributed by atoms with Gasteiger partial charge in [-0.1, -0.05) is 29.8 Å². The van der Waals surface area contributed by atoms with E-state index in [2.05, 4.69) is 9.71 Å². The summed E-state index contributed by atoms with van der Waals surface area (Å²) in [7, 11) is -4.29. The summed E-state index contributed by atoms with van der Waals surface area (Å²) in [6.45, 7) is 0.684. The first-order valence-electron chi connectivity index (χ1n) is 10.4. The lowest BCUT2D eigenvalue weighted by atomic mass is 10.0. The number of nitrogens with zero attached hydrogens (tertiary/aromatic N) is 2. The smallest absolute Gasteiger partial charge is 0.266 e. The first-order valence-corrected chi connectivity index (χ1v) is 13.2. The van der Waals surface area contributed by atoms with Gasteiger partial charge in [0.05, 0.1) is 10.5 Å². The zero-order valence-electron chi connectivity index (χ0n) is 18.0. The van der Waals surface area contributed by atoms with Crippen molar-refractivity contribution in [2.24, 2.45) is 0 Å². The second-order valence-electron chi connectivity index (χ2n) is 7.93. The molecule has 2 unspecified atom stereocenters. The molecule has 0 aliphatic carbocycles. The summed E-state index contributed by atoms with van der Waals surface area (Å²) in [4.78, 5) is 4.88. The molecule has 188 valence electrons. The zero-order chi connectivity index (χ0) is 25.2. The summed E-state index contributed by atoms with van der Waals surface area (Å²) >= 11 is 7.30. The third-order valence-electron chi connectivity index (χ3n) is 5.40. The molecular weight excluding hydrogens is 530 g/mol. The van der Waals surface area contributed by atoms with Crippen LogP contribution in [-0.2, 0) is 16.6 Å². The van der Waals surface area contributed by atoms with E-state index in [0.29, 0.717) is 18.7 Å². The molecule has 0 saturated carbocycles. The molecule has 4 rings (SSSR count). The van der Waals surface area contributed by atoms with Crippen molar-refractivity contribution in [2.75, 3.05) is 17.8 Å². The molecule has 35 heavy (non-hydrogen) atoms. The highest BCUT2D eigenvalue weighted by Crippen LogP contribution is 2.33. The van der Waals surface area contributed by atoms with Crippen molar-refractivity contribution in [1.29, 1.82) is 0 Å². The van der Waals surface area contributed by atoms with E-state index in [-0.39, 0.29) is 35.1 Å². The predicted octanol–water partition coefficient (Wildman–Crippen LogP) is 5.67. The summed E-state index contributed by atoms with van der Waals surface area (Å²) in [5.74, 6) is -1.25. The van der Waals surface area contributed by atoms with Crippen molar-refractivity contribution in [3.8, 4) is 5.75 Å². The Morgan fingerprint density at radius 3 is 2.77 bits per heavy atom. The van der Waals surface area contributed by atoms with Crippen molar-refractivity contribution in [2.45, 2.75) is 36.6 Å². The van der Waals surface area contributed by atoms with Gasteiger partial charge in [0.25, 0.3) is 16.4 Å². The molecule has 1 aliphatic rings. The normalized spacial score (nSPS) is 19.1. The molecule has 2 aromatic carbocycles. The number of thiazole rings is 1. The number of anilines is 1. The lowest BCUT2D eigenvalue weighted by Gasteiger charge is -2.35. The van der Waals surface area contributed by atoms with Gasteiger partial charge < -0.3 is 4.74 Å². The van der Waals surface area contributed by atoms with Crippen LogP contribution in [-0.4, -0.2) is 43.7 Å². The van der Waals surface area contributed by atoms with E-state index in [4.69, 9.17) is 16.3 Å². The van der Waals surface area contributed by atoms with Crippen molar-refractivity contribution in [1.82, 2.24) is 9.88 Å².